The first-order valence-electron chi connectivity index (χ1n) is 9.29. The van der Waals surface area contributed by atoms with Crippen LogP contribution in [0.5, 0.6) is 0 Å². The average molecular weight is 375 g/mol. The summed E-state index contributed by atoms with van der Waals surface area (Å²) in [5.74, 6) is 0.729. The molecule has 0 radical (unpaired) electrons. The highest BCUT2D eigenvalue weighted by Crippen LogP contribution is 2.44. The van der Waals surface area contributed by atoms with E-state index in [9.17, 15) is 4.79 Å². The van der Waals surface area contributed by atoms with Crippen molar-refractivity contribution in [2.24, 2.45) is 0 Å². The van der Waals surface area contributed by atoms with Crippen LogP contribution < -0.4 is 10.6 Å². The summed E-state index contributed by atoms with van der Waals surface area (Å²) in [5, 5.41) is 10.6. The lowest BCUT2D eigenvalue weighted by atomic mass is 9.86. The molecule has 2 aliphatic heterocycles. The molecule has 1 amide bonds. The van der Waals surface area contributed by atoms with E-state index in [1.165, 1.54) is 16.8 Å². The van der Waals surface area contributed by atoms with E-state index in [1.807, 2.05) is 18.5 Å². The second kappa shape index (κ2) is 7.09. The maximum atomic E-state index is 12.8. The molecule has 2 aliphatic rings. The molecule has 0 saturated carbocycles. The fraction of sp³-hybridized carbons (Fsp3) is 0.611. The number of rotatable bonds is 4. The molecule has 0 aromatic carbocycles. The van der Waals surface area contributed by atoms with Gasteiger partial charge in [-0.3, -0.25) is 4.79 Å². The van der Waals surface area contributed by atoms with Gasteiger partial charge in [-0.05, 0) is 57.8 Å². The van der Waals surface area contributed by atoms with E-state index in [0.717, 1.165) is 56.2 Å². The fourth-order valence-corrected chi connectivity index (χ4v) is 5.23. The standard InChI is InChI=1S/C18H25N5O2S/c1-3-23-16(20-11-21-23)12(2)22-17(24)14-10-13-4-9-25-18(15(13)26-14)5-7-19-8-6-18/h10-12,19H,3-9H2,1-2H3,(H,22,24). The molecular formula is C18H25N5O2S. The van der Waals surface area contributed by atoms with Crippen molar-refractivity contribution in [3.8, 4) is 0 Å². The van der Waals surface area contributed by atoms with Crippen LogP contribution in [0.25, 0.3) is 0 Å². The number of carbonyl (C=O) groups is 1. The molecule has 8 heteroatoms. The molecular weight excluding hydrogens is 350 g/mol. The van der Waals surface area contributed by atoms with Crippen LogP contribution in [0.4, 0.5) is 0 Å². The van der Waals surface area contributed by atoms with Crippen LogP contribution in [0, 0.1) is 0 Å². The third kappa shape index (κ3) is 3.06. The van der Waals surface area contributed by atoms with Crippen LogP contribution in [0.15, 0.2) is 12.4 Å². The maximum absolute atomic E-state index is 12.8. The van der Waals surface area contributed by atoms with Gasteiger partial charge in [0.05, 0.1) is 17.5 Å². The smallest absolute Gasteiger partial charge is 0.261 e. The lowest BCUT2D eigenvalue weighted by Gasteiger charge is -2.40. The number of carbonyl (C=O) groups excluding carboxylic acids is 1. The molecule has 26 heavy (non-hydrogen) atoms. The highest BCUT2D eigenvalue weighted by Gasteiger charge is 2.41. The minimum atomic E-state index is -0.198. The monoisotopic (exact) mass is 375 g/mol. The Morgan fingerprint density at radius 3 is 3.08 bits per heavy atom. The van der Waals surface area contributed by atoms with Crippen molar-refractivity contribution in [3.05, 3.63) is 33.5 Å². The molecule has 1 spiro atoms. The zero-order valence-electron chi connectivity index (χ0n) is 15.2. The minimum Gasteiger partial charge on any atom is -0.369 e. The van der Waals surface area contributed by atoms with Gasteiger partial charge in [-0.15, -0.1) is 11.3 Å². The predicted octanol–water partition coefficient (Wildman–Crippen LogP) is 2.00. The summed E-state index contributed by atoms with van der Waals surface area (Å²) in [6, 6.07) is 1.87. The lowest BCUT2D eigenvalue weighted by Crippen LogP contribution is -2.43. The van der Waals surface area contributed by atoms with Gasteiger partial charge in [0.2, 0.25) is 0 Å². The Kier molecular flexibility index (Phi) is 4.81. The number of aromatic nitrogens is 3. The molecule has 4 rings (SSSR count). The highest BCUT2D eigenvalue weighted by atomic mass is 32.1. The summed E-state index contributed by atoms with van der Waals surface area (Å²) in [6.45, 7) is 7.35. The van der Waals surface area contributed by atoms with Gasteiger partial charge in [-0.2, -0.15) is 5.10 Å². The summed E-state index contributed by atoms with van der Waals surface area (Å²) in [7, 11) is 0. The number of ether oxygens (including phenoxy) is 1. The zero-order valence-corrected chi connectivity index (χ0v) is 16.1. The molecule has 1 saturated heterocycles. The van der Waals surface area contributed by atoms with Crippen molar-refractivity contribution in [2.45, 2.75) is 51.3 Å². The average Bonchev–Trinajstić information content (AvgIpc) is 3.30. The van der Waals surface area contributed by atoms with Gasteiger partial charge >= 0.3 is 0 Å². The zero-order chi connectivity index (χ0) is 18.1. The molecule has 2 aromatic rings. The maximum Gasteiger partial charge on any atom is 0.261 e. The van der Waals surface area contributed by atoms with E-state index < -0.39 is 0 Å². The molecule has 140 valence electrons. The predicted molar refractivity (Wildman–Crippen MR) is 99.3 cm³/mol. The van der Waals surface area contributed by atoms with Gasteiger partial charge in [0.15, 0.2) is 0 Å². The van der Waals surface area contributed by atoms with E-state index >= 15 is 0 Å². The topological polar surface area (TPSA) is 81.1 Å². The summed E-state index contributed by atoms with van der Waals surface area (Å²) < 4.78 is 8.02. The number of amides is 1. The van der Waals surface area contributed by atoms with Crippen molar-refractivity contribution >= 4 is 17.2 Å². The molecule has 2 aromatic heterocycles. The second-order valence-corrected chi connectivity index (χ2v) is 7.99. The number of nitrogens with one attached hydrogen (secondary N) is 2. The molecule has 4 heterocycles. The van der Waals surface area contributed by atoms with E-state index in [0.29, 0.717) is 0 Å². The Balaban J connectivity index is 1.54. The summed E-state index contributed by atoms with van der Waals surface area (Å²) in [5.41, 5.74) is 1.08. The van der Waals surface area contributed by atoms with Crippen LogP contribution in [0.3, 0.4) is 0 Å². The quantitative estimate of drug-likeness (QED) is 0.854. The van der Waals surface area contributed by atoms with E-state index in [1.54, 1.807) is 11.3 Å². The number of fused-ring (bicyclic) bond motifs is 2. The van der Waals surface area contributed by atoms with Crippen LogP contribution in [-0.4, -0.2) is 40.4 Å². The Morgan fingerprint density at radius 1 is 1.50 bits per heavy atom. The number of aryl methyl sites for hydroxylation is 1. The van der Waals surface area contributed by atoms with Crippen LogP contribution in [0.2, 0.25) is 0 Å². The first kappa shape index (κ1) is 17.6. The lowest BCUT2D eigenvalue weighted by molar-refractivity contribution is -0.0771. The van der Waals surface area contributed by atoms with E-state index in [4.69, 9.17) is 4.74 Å². The largest absolute Gasteiger partial charge is 0.369 e. The summed E-state index contributed by atoms with van der Waals surface area (Å²) >= 11 is 1.59. The molecule has 0 bridgehead atoms. The van der Waals surface area contributed by atoms with Gasteiger partial charge in [0.1, 0.15) is 17.8 Å². The number of hydrogen-bond acceptors (Lipinski definition) is 6. The van der Waals surface area contributed by atoms with E-state index in [-0.39, 0.29) is 17.6 Å². The number of nitrogens with zero attached hydrogens (tertiary/aromatic N) is 3. The first-order valence-corrected chi connectivity index (χ1v) is 10.1. The van der Waals surface area contributed by atoms with Crippen molar-refractivity contribution in [3.63, 3.8) is 0 Å². The normalized spacial score (nSPS) is 19.9. The third-order valence-corrected chi connectivity index (χ3v) is 6.65. The van der Waals surface area contributed by atoms with Gasteiger partial charge < -0.3 is 15.4 Å². The van der Waals surface area contributed by atoms with Gasteiger partial charge in [-0.25, -0.2) is 9.67 Å². The molecule has 1 fully saturated rings. The van der Waals surface area contributed by atoms with Gasteiger partial charge in [-0.1, -0.05) is 0 Å². The fourth-order valence-electron chi connectivity index (χ4n) is 3.92. The number of hydrogen-bond donors (Lipinski definition) is 2. The highest BCUT2D eigenvalue weighted by molar-refractivity contribution is 7.14. The van der Waals surface area contributed by atoms with E-state index in [2.05, 4.69) is 26.8 Å². The van der Waals surface area contributed by atoms with Crippen LogP contribution in [-0.2, 0) is 23.3 Å². The minimum absolute atomic E-state index is 0.0494. The molecule has 0 aliphatic carbocycles. The van der Waals surface area contributed by atoms with Crippen molar-refractivity contribution in [1.29, 1.82) is 0 Å². The number of piperidine rings is 1. The Bertz CT molecular complexity index is 793. The summed E-state index contributed by atoms with van der Waals surface area (Å²) in [6.07, 6.45) is 4.35. The van der Waals surface area contributed by atoms with Crippen molar-refractivity contribution < 1.29 is 9.53 Å². The van der Waals surface area contributed by atoms with Crippen molar-refractivity contribution in [2.75, 3.05) is 19.7 Å². The second-order valence-electron chi connectivity index (χ2n) is 6.94. The van der Waals surface area contributed by atoms with Crippen LogP contribution >= 0.6 is 11.3 Å². The SMILES string of the molecule is CCn1ncnc1C(C)NC(=O)c1cc2c(s1)C1(CCNCC1)OCC2. The third-order valence-electron chi connectivity index (χ3n) is 5.29. The Hall–Kier alpha value is -1.77. The molecule has 7 nitrogen and oxygen atoms in total. The van der Waals surface area contributed by atoms with Crippen molar-refractivity contribution in [1.82, 2.24) is 25.4 Å². The van der Waals surface area contributed by atoms with Crippen LogP contribution in [0.1, 0.15) is 58.7 Å². The molecule has 1 unspecified atom stereocenters. The summed E-state index contributed by atoms with van der Waals surface area (Å²) in [4.78, 5) is 19.1. The number of thiophene rings is 1. The van der Waals surface area contributed by atoms with Gasteiger partial charge in [0.25, 0.3) is 5.91 Å². The first-order chi connectivity index (χ1) is 12.6. The van der Waals surface area contributed by atoms with Gasteiger partial charge in [0, 0.05) is 11.4 Å². The molecule has 1 atom stereocenters. The Labute approximate surface area is 157 Å². The Morgan fingerprint density at radius 2 is 2.31 bits per heavy atom. The molecule has 2 N–H and O–H groups in total.